The molecule has 0 aliphatic heterocycles. The van der Waals surface area contributed by atoms with Gasteiger partial charge in [-0.25, -0.2) is 4.79 Å². The van der Waals surface area contributed by atoms with Gasteiger partial charge in [0.15, 0.2) is 5.70 Å². The van der Waals surface area contributed by atoms with E-state index in [0.717, 1.165) is 0 Å². The van der Waals surface area contributed by atoms with Crippen molar-refractivity contribution in [3.8, 4) is 0 Å². The quantitative estimate of drug-likeness (QED) is 0.215. The van der Waals surface area contributed by atoms with Gasteiger partial charge in [-0.05, 0) is 20.8 Å². The highest BCUT2D eigenvalue weighted by molar-refractivity contribution is 7.41. The SMILES string of the molecule is CCOC(=O)C(=COP(OCC)OCC)NOC. The van der Waals surface area contributed by atoms with Gasteiger partial charge < -0.3 is 18.3 Å². The van der Waals surface area contributed by atoms with E-state index in [4.69, 9.17) is 18.3 Å². The molecule has 0 spiro atoms. The van der Waals surface area contributed by atoms with E-state index in [1.165, 1.54) is 13.4 Å². The number of rotatable bonds is 10. The monoisotopic (exact) mass is 281 g/mol. The highest BCUT2D eigenvalue weighted by Gasteiger charge is 2.15. The van der Waals surface area contributed by atoms with Crippen LogP contribution in [0, 0.1) is 0 Å². The number of ether oxygens (including phenoxy) is 1. The average Bonchev–Trinajstić information content (AvgIpc) is 2.35. The van der Waals surface area contributed by atoms with Crippen LogP contribution in [0.4, 0.5) is 0 Å². The van der Waals surface area contributed by atoms with Crippen LogP contribution in [0.2, 0.25) is 0 Å². The van der Waals surface area contributed by atoms with Gasteiger partial charge in [-0.1, -0.05) is 0 Å². The van der Waals surface area contributed by atoms with Crippen molar-refractivity contribution in [2.45, 2.75) is 20.8 Å². The first-order valence-electron chi connectivity index (χ1n) is 5.58. The van der Waals surface area contributed by atoms with E-state index in [2.05, 4.69) is 10.3 Å². The van der Waals surface area contributed by atoms with Gasteiger partial charge in [-0.2, -0.15) is 0 Å². The molecule has 0 atom stereocenters. The molecule has 0 unspecified atom stereocenters. The van der Waals surface area contributed by atoms with Crippen molar-refractivity contribution in [3.05, 3.63) is 12.0 Å². The summed E-state index contributed by atoms with van der Waals surface area (Å²) in [5.74, 6) is -0.581. The Bertz CT molecular complexity index is 255. The topological polar surface area (TPSA) is 75.3 Å². The summed E-state index contributed by atoms with van der Waals surface area (Å²) in [5, 5.41) is 0. The molecule has 0 saturated heterocycles. The van der Waals surface area contributed by atoms with Gasteiger partial charge in [0.1, 0.15) is 6.26 Å². The van der Waals surface area contributed by atoms with Gasteiger partial charge in [0, 0.05) is 0 Å². The third-order valence-electron chi connectivity index (χ3n) is 1.43. The summed E-state index contributed by atoms with van der Waals surface area (Å²) in [6, 6.07) is 0. The lowest BCUT2D eigenvalue weighted by Gasteiger charge is -2.14. The molecule has 0 bridgehead atoms. The van der Waals surface area contributed by atoms with Crippen LogP contribution >= 0.6 is 8.60 Å². The molecule has 0 aromatic rings. The summed E-state index contributed by atoms with van der Waals surface area (Å²) in [6.07, 6.45) is 1.17. The largest absolute Gasteiger partial charge is 0.461 e. The molecular weight excluding hydrogens is 261 g/mol. The number of hydroxylamine groups is 1. The maximum atomic E-state index is 11.5. The van der Waals surface area contributed by atoms with Crippen LogP contribution in [0.3, 0.4) is 0 Å². The lowest BCUT2D eigenvalue weighted by atomic mass is 10.5. The minimum absolute atomic E-state index is 0.0336. The van der Waals surface area contributed by atoms with Crippen molar-refractivity contribution in [2.75, 3.05) is 26.9 Å². The minimum atomic E-state index is -1.52. The zero-order valence-electron chi connectivity index (χ0n) is 11.1. The van der Waals surface area contributed by atoms with Crippen LogP contribution in [-0.2, 0) is 27.9 Å². The molecule has 0 saturated carbocycles. The number of carbonyl (C=O) groups is 1. The van der Waals surface area contributed by atoms with Gasteiger partial charge >= 0.3 is 14.6 Å². The Labute approximate surface area is 108 Å². The molecule has 106 valence electrons. The molecular formula is C10H20NO6P. The van der Waals surface area contributed by atoms with E-state index in [9.17, 15) is 4.79 Å². The van der Waals surface area contributed by atoms with Crippen molar-refractivity contribution >= 4 is 14.6 Å². The van der Waals surface area contributed by atoms with Crippen LogP contribution in [0.5, 0.6) is 0 Å². The van der Waals surface area contributed by atoms with E-state index in [-0.39, 0.29) is 12.3 Å². The van der Waals surface area contributed by atoms with Gasteiger partial charge in [-0.3, -0.25) is 10.3 Å². The number of esters is 1. The number of hydrogen-bond acceptors (Lipinski definition) is 7. The summed E-state index contributed by atoms with van der Waals surface area (Å²) < 4.78 is 20.4. The van der Waals surface area contributed by atoms with E-state index in [0.29, 0.717) is 13.2 Å². The van der Waals surface area contributed by atoms with E-state index in [1.807, 2.05) is 13.8 Å². The molecule has 7 nitrogen and oxygen atoms in total. The first-order valence-corrected chi connectivity index (χ1v) is 6.68. The lowest BCUT2D eigenvalue weighted by molar-refractivity contribution is -0.140. The van der Waals surface area contributed by atoms with Gasteiger partial charge in [0.25, 0.3) is 0 Å². The molecule has 8 heteroatoms. The maximum absolute atomic E-state index is 11.5. The average molecular weight is 281 g/mol. The van der Waals surface area contributed by atoms with Gasteiger partial charge in [-0.15, -0.1) is 0 Å². The van der Waals surface area contributed by atoms with E-state index >= 15 is 0 Å². The molecule has 0 heterocycles. The Morgan fingerprint density at radius 2 is 1.78 bits per heavy atom. The second kappa shape index (κ2) is 11.2. The Kier molecular flexibility index (Phi) is 10.7. The summed E-state index contributed by atoms with van der Waals surface area (Å²) >= 11 is 0. The van der Waals surface area contributed by atoms with Crippen molar-refractivity contribution in [1.29, 1.82) is 0 Å². The third-order valence-corrected chi connectivity index (χ3v) is 2.65. The standard InChI is InChI=1S/C10H20NO6P/c1-5-14-10(12)9(11-13-4)8-17-18(15-6-2)16-7-3/h8,11H,5-7H2,1-4H3. The summed E-state index contributed by atoms with van der Waals surface area (Å²) in [7, 11) is -0.142. The maximum Gasteiger partial charge on any atom is 0.396 e. The van der Waals surface area contributed by atoms with Crippen molar-refractivity contribution in [1.82, 2.24) is 5.48 Å². The van der Waals surface area contributed by atoms with Crippen LogP contribution in [0.25, 0.3) is 0 Å². The lowest BCUT2D eigenvalue weighted by Crippen LogP contribution is -2.21. The van der Waals surface area contributed by atoms with Crippen LogP contribution in [0.1, 0.15) is 20.8 Å². The van der Waals surface area contributed by atoms with Crippen molar-refractivity contribution < 1.29 is 27.9 Å². The van der Waals surface area contributed by atoms with Crippen molar-refractivity contribution in [2.24, 2.45) is 0 Å². The predicted octanol–water partition coefficient (Wildman–Crippen LogP) is 1.86. The zero-order chi connectivity index (χ0) is 13.8. The fraction of sp³-hybridized carbons (Fsp3) is 0.700. The molecule has 0 aromatic heterocycles. The first kappa shape index (κ1) is 17.1. The summed E-state index contributed by atoms with van der Waals surface area (Å²) in [5.41, 5.74) is 2.40. The number of hydrogen-bond donors (Lipinski definition) is 1. The fourth-order valence-corrected chi connectivity index (χ4v) is 1.65. The Balaban J connectivity index is 4.47. The zero-order valence-corrected chi connectivity index (χ0v) is 12.0. The molecule has 0 radical (unpaired) electrons. The fourth-order valence-electron chi connectivity index (χ4n) is 0.837. The molecule has 0 aromatic carbocycles. The summed E-state index contributed by atoms with van der Waals surface area (Å²) in [6.45, 7) is 6.50. The molecule has 1 N–H and O–H groups in total. The first-order chi connectivity index (χ1) is 8.69. The van der Waals surface area contributed by atoms with E-state index < -0.39 is 14.6 Å². The second-order valence-electron chi connectivity index (χ2n) is 2.72. The predicted molar refractivity (Wildman–Crippen MR) is 66.1 cm³/mol. The van der Waals surface area contributed by atoms with Crippen molar-refractivity contribution in [3.63, 3.8) is 0 Å². The Hall–Kier alpha value is -0.880. The molecule has 0 aliphatic rings. The second-order valence-corrected chi connectivity index (χ2v) is 3.90. The molecule has 18 heavy (non-hydrogen) atoms. The minimum Gasteiger partial charge on any atom is -0.461 e. The normalized spacial score (nSPS) is 11.5. The van der Waals surface area contributed by atoms with Gasteiger partial charge in [0.05, 0.1) is 26.9 Å². The highest BCUT2D eigenvalue weighted by Crippen LogP contribution is 2.39. The highest BCUT2D eigenvalue weighted by atomic mass is 31.2. The third kappa shape index (κ3) is 7.45. The number of carbonyl (C=O) groups excluding carboxylic acids is 1. The molecule has 0 fully saturated rings. The Morgan fingerprint density at radius 3 is 2.22 bits per heavy atom. The molecule has 0 rings (SSSR count). The smallest absolute Gasteiger partial charge is 0.396 e. The van der Waals surface area contributed by atoms with Gasteiger partial charge in [0.2, 0.25) is 0 Å². The number of nitrogens with one attached hydrogen (secondary N) is 1. The van der Waals surface area contributed by atoms with Crippen LogP contribution in [-0.4, -0.2) is 32.9 Å². The van der Waals surface area contributed by atoms with Crippen LogP contribution in [0.15, 0.2) is 12.0 Å². The summed E-state index contributed by atoms with van der Waals surface area (Å²) in [4.78, 5) is 16.1. The Morgan fingerprint density at radius 1 is 1.17 bits per heavy atom. The molecule has 0 amide bonds. The molecule has 0 aliphatic carbocycles. The van der Waals surface area contributed by atoms with Crippen LogP contribution < -0.4 is 5.48 Å². The van der Waals surface area contributed by atoms with E-state index in [1.54, 1.807) is 6.92 Å².